The van der Waals surface area contributed by atoms with E-state index in [2.05, 4.69) is 10.6 Å². The molecule has 3 aliphatic heterocycles. The van der Waals surface area contributed by atoms with Gasteiger partial charge >= 0.3 is 0 Å². The lowest BCUT2D eigenvalue weighted by atomic mass is 9.75. The van der Waals surface area contributed by atoms with Gasteiger partial charge in [-0.25, -0.2) is 0 Å². The van der Waals surface area contributed by atoms with E-state index >= 15 is 0 Å². The van der Waals surface area contributed by atoms with Gasteiger partial charge < -0.3 is 5.32 Å². The van der Waals surface area contributed by atoms with Crippen molar-refractivity contribution in [1.82, 2.24) is 10.2 Å². The summed E-state index contributed by atoms with van der Waals surface area (Å²) in [5.74, 6) is -1.91. The van der Waals surface area contributed by atoms with Crippen LogP contribution >= 0.6 is 11.6 Å². The molecule has 0 radical (unpaired) electrons. The Kier molecular flexibility index (Phi) is 4.36. The number of likely N-dealkylation sites (tertiary alicyclic amines) is 1. The van der Waals surface area contributed by atoms with E-state index in [1.165, 1.54) is 4.90 Å². The van der Waals surface area contributed by atoms with Crippen LogP contribution in [0.25, 0.3) is 0 Å². The second-order valence-electron chi connectivity index (χ2n) is 8.58. The molecular weight excluding hydrogens is 378 g/mol. The lowest BCUT2D eigenvalue weighted by molar-refractivity contribution is -0.145. The van der Waals surface area contributed by atoms with Gasteiger partial charge in [-0.05, 0) is 37.8 Å². The van der Waals surface area contributed by atoms with Crippen molar-refractivity contribution in [3.8, 4) is 0 Å². The number of carbonyl (C=O) groups is 3. The van der Waals surface area contributed by atoms with Gasteiger partial charge in [0.25, 0.3) is 0 Å². The van der Waals surface area contributed by atoms with Crippen molar-refractivity contribution < 1.29 is 14.4 Å². The van der Waals surface area contributed by atoms with Gasteiger partial charge in [-0.1, -0.05) is 38.4 Å². The second kappa shape index (κ2) is 6.29. The smallest absolute Gasteiger partial charge is 0.250 e. The first-order valence-corrected chi connectivity index (χ1v) is 10.3. The van der Waals surface area contributed by atoms with Crippen molar-refractivity contribution in [2.45, 2.75) is 58.7 Å². The van der Waals surface area contributed by atoms with Gasteiger partial charge in [0.15, 0.2) is 0 Å². The summed E-state index contributed by atoms with van der Waals surface area (Å²) in [5, 5.41) is 6.93. The van der Waals surface area contributed by atoms with E-state index in [0.29, 0.717) is 22.7 Å². The normalized spacial score (nSPS) is 32.3. The van der Waals surface area contributed by atoms with Crippen LogP contribution in [0.1, 0.15) is 45.2 Å². The summed E-state index contributed by atoms with van der Waals surface area (Å²) in [6.45, 7) is 9.71. The number of fused-ring (bicyclic) bond motifs is 4. The number of imide groups is 1. The first kappa shape index (κ1) is 19.4. The summed E-state index contributed by atoms with van der Waals surface area (Å²) in [4.78, 5) is 41.5. The zero-order chi connectivity index (χ0) is 20.5. The highest BCUT2D eigenvalue weighted by atomic mass is 35.5. The SMILES string of the molecule is CCC(C)N1C(=O)C2C(C(C)C)NC3(C(=O)Nc4c3ccc(Cl)c4C)C2C1=O. The lowest BCUT2D eigenvalue weighted by Gasteiger charge is -2.32. The summed E-state index contributed by atoms with van der Waals surface area (Å²) in [7, 11) is 0. The molecule has 0 bridgehead atoms. The standard InChI is InChI=1S/C21H26ClN3O3/c1-6-10(4)25-18(26)14-15(19(25)27)21(24-16(14)9(2)3)12-7-8-13(22)11(5)17(12)23-20(21)28/h7-10,14-16,24H,6H2,1-5H3,(H,23,28). The van der Waals surface area contributed by atoms with Crippen molar-refractivity contribution in [3.63, 3.8) is 0 Å². The molecule has 7 heteroatoms. The van der Waals surface area contributed by atoms with Gasteiger partial charge in [0.2, 0.25) is 17.7 Å². The molecule has 2 fully saturated rings. The van der Waals surface area contributed by atoms with Gasteiger partial charge in [0, 0.05) is 22.7 Å². The predicted molar refractivity (Wildman–Crippen MR) is 107 cm³/mol. The van der Waals surface area contributed by atoms with E-state index < -0.39 is 17.4 Å². The topological polar surface area (TPSA) is 78.5 Å². The van der Waals surface area contributed by atoms with Crippen molar-refractivity contribution in [1.29, 1.82) is 0 Å². The van der Waals surface area contributed by atoms with Crippen LogP contribution in [0.15, 0.2) is 12.1 Å². The molecule has 0 saturated carbocycles. The average molecular weight is 404 g/mol. The number of rotatable bonds is 3. The Morgan fingerprint density at radius 1 is 1.18 bits per heavy atom. The zero-order valence-electron chi connectivity index (χ0n) is 16.8. The minimum absolute atomic E-state index is 0.0887. The lowest BCUT2D eigenvalue weighted by Crippen LogP contribution is -2.54. The highest BCUT2D eigenvalue weighted by molar-refractivity contribution is 6.32. The molecule has 1 spiro atoms. The number of amides is 3. The van der Waals surface area contributed by atoms with Gasteiger partial charge in [0.05, 0.1) is 17.5 Å². The third-order valence-corrected chi connectivity index (χ3v) is 7.21. The second-order valence-corrected chi connectivity index (χ2v) is 8.99. The monoisotopic (exact) mass is 403 g/mol. The van der Waals surface area contributed by atoms with Gasteiger partial charge in [-0.15, -0.1) is 0 Å². The fourth-order valence-corrected chi connectivity index (χ4v) is 5.29. The Morgan fingerprint density at radius 3 is 2.46 bits per heavy atom. The summed E-state index contributed by atoms with van der Waals surface area (Å²) >= 11 is 6.26. The molecule has 1 aromatic carbocycles. The quantitative estimate of drug-likeness (QED) is 0.760. The van der Waals surface area contributed by atoms with E-state index in [1.54, 1.807) is 12.1 Å². The van der Waals surface area contributed by atoms with Crippen LogP contribution in [0, 0.1) is 24.7 Å². The average Bonchev–Trinajstić information content (AvgIpc) is 3.24. The van der Waals surface area contributed by atoms with E-state index in [-0.39, 0.29) is 35.7 Å². The molecule has 3 amide bonds. The maximum absolute atomic E-state index is 13.5. The molecule has 3 aliphatic rings. The molecule has 5 atom stereocenters. The van der Waals surface area contributed by atoms with E-state index in [0.717, 1.165) is 5.56 Å². The summed E-state index contributed by atoms with van der Waals surface area (Å²) in [6, 6.07) is 3.11. The molecule has 6 nitrogen and oxygen atoms in total. The van der Waals surface area contributed by atoms with Crippen LogP contribution in [0.5, 0.6) is 0 Å². The van der Waals surface area contributed by atoms with Crippen molar-refractivity contribution in [2.75, 3.05) is 5.32 Å². The predicted octanol–water partition coefficient (Wildman–Crippen LogP) is 2.82. The van der Waals surface area contributed by atoms with E-state index in [4.69, 9.17) is 11.6 Å². The minimum atomic E-state index is -1.24. The Morgan fingerprint density at radius 2 is 1.86 bits per heavy atom. The molecule has 28 heavy (non-hydrogen) atoms. The minimum Gasteiger partial charge on any atom is -0.324 e. The first-order chi connectivity index (χ1) is 13.2. The summed E-state index contributed by atoms with van der Waals surface area (Å²) in [6.07, 6.45) is 0.682. The number of carbonyl (C=O) groups excluding carboxylic acids is 3. The molecule has 5 unspecified atom stereocenters. The number of hydrogen-bond donors (Lipinski definition) is 2. The van der Waals surface area contributed by atoms with Gasteiger partial charge in [-0.3, -0.25) is 24.6 Å². The highest BCUT2D eigenvalue weighted by Gasteiger charge is 2.71. The van der Waals surface area contributed by atoms with Crippen LogP contribution < -0.4 is 10.6 Å². The molecule has 0 aliphatic carbocycles. The Bertz CT molecular complexity index is 899. The molecule has 2 N–H and O–H groups in total. The summed E-state index contributed by atoms with van der Waals surface area (Å²) in [5.41, 5.74) is 0.894. The Hall–Kier alpha value is -1.92. The summed E-state index contributed by atoms with van der Waals surface area (Å²) < 4.78 is 0. The van der Waals surface area contributed by atoms with Crippen LogP contribution in [0.3, 0.4) is 0 Å². The van der Waals surface area contributed by atoms with E-state index in [9.17, 15) is 14.4 Å². The van der Waals surface area contributed by atoms with Crippen LogP contribution in [-0.4, -0.2) is 34.7 Å². The molecule has 0 aromatic heterocycles. The van der Waals surface area contributed by atoms with Gasteiger partial charge in [0.1, 0.15) is 5.54 Å². The maximum atomic E-state index is 13.5. The molecule has 150 valence electrons. The van der Waals surface area contributed by atoms with Crippen LogP contribution in [-0.2, 0) is 19.9 Å². The zero-order valence-corrected chi connectivity index (χ0v) is 17.6. The first-order valence-electron chi connectivity index (χ1n) is 9.92. The molecule has 2 saturated heterocycles. The molecular formula is C21H26ClN3O3. The largest absolute Gasteiger partial charge is 0.324 e. The fourth-order valence-electron chi connectivity index (χ4n) is 5.13. The third kappa shape index (κ3) is 2.22. The molecule has 1 aromatic rings. The van der Waals surface area contributed by atoms with E-state index in [1.807, 2.05) is 34.6 Å². The Balaban J connectivity index is 1.93. The maximum Gasteiger partial charge on any atom is 0.250 e. The van der Waals surface area contributed by atoms with Crippen molar-refractivity contribution >= 4 is 35.0 Å². The molecule has 3 heterocycles. The fraction of sp³-hybridized carbons (Fsp3) is 0.571. The van der Waals surface area contributed by atoms with Crippen molar-refractivity contribution in [3.05, 3.63) is 28.3 Å². The number of nitrogens with zero attached hydrogens (tertiary/aromatic N) is 1. The number of benzene rings is 1. The molecule has 4 rings (SSSR count). The number of halogens is 1. The highest BCUT2D eigenvalue weighted by Crippen LogP contribution is 2.55. The number of hydrogen-bond acceptors (Lipinski definition) is 4. The Labute approximate surface area is 170 Å². The number of nitrogens with one attached hydrogen (secondary N) is 2. The number of anilines is 1. The van der Waals surface area contributed by atoms with Crippen LogP contribution in [0.2, 0.25) is 5.02 Å². The van der Waals surface area contributed by atoms with Gasteiger partial charge in [-0.2, -0.15) is 0 Å². The van der Waals surface area contributed by atoms with Crippen molar-refractivity contribution in [2.24, 2.45) is 17.8 Å². The van der Waals surface area contributed by atoms with Crippen LogP contribution in [0.4, 0.5) is 5.69 Å². The third-order valence-electron chi connectivity index (χ3n) is 6.80.